The van der Waals surface area contributed by atoms with Crippen LogP contribution in [0.1, 0.15) is 48.5 Å². The van der Waals surface area contributed by atoms with E-state index in [1.54, 1.807) is 0 Å². The van der Waals surface area contributed by atoms with E-state index in [4.69, 9.17) is 28.9 Å². The number of fused-ring (bicyclic) bond motifs is 8. The lowest BCUT2D eigenvalue weighted by Gasteiger charge is -2.16. The van der Waals surface area contributed by atoms with E-state index in [2.05, 4.69) is 41.8 Å². The third-order valence-corrected chi connectivity index (χ3v) is 11.5. The summed E-state index contributed by atoms with van der Waals surface area (Å²) in [6.07, 6.45) is 7.47. The van der Waals surface area contributed by atoms with Gasteiger partial charge in [0, 0.05) is 60.3 Å². The van der Waals surface area contributed by atoms with Crippen LogP contribution in [-0.4, -0.2) is 81.7 Å². The smallest absolute Gasteiger partial charge is 0.305 e. The molecule has 2 aliphatic heterocycles. The minimum atomic E-state index is -0.928. The molecule has 5 aromatic rings. The zero-order chi connectivity index (χ0) is 40.8. The SMILES string of the molecule is COC(CCOc1ccccc1-c1c2nc(c(Br)c3ccc([nH]3)c(-c3ccccc3OCCC(CC(=O)O)OC)c3nc(c(Br)c4ccc1[nH]4)C=C3)C=C2)CC(=O)O. The quantitative estimate of drug-likeness (QED) is 0.0732. The summed E-state index contributed by atoms with van der Waals surface area (Å²) in [6, 6.07) is 23.4. The van der Waals surface area contributed by atoms with Gasteiger partial charge < -0.3 is 39.1 Å². The normalized spacial score (nSPS) is 13.0. The van der Waals surface area contributed by atoms with Gasteiger partial charge in [0.2, 0.25) is 0 Å². The first-order valence-corrected chi connectivity index (χ1v) is 20.1. The van der Waals surface area contributed by atoms with Crippen molar-refractivity contribution in [1.82, 2.24) is 19.9 Å². The Bertz CT molecular complexity index is 2400. The molecule has 12 nitrogen and oxygen atoms in total. The second-order valence-corrected chi connectivity index (χ2v) is 15.1. The number of hydrogen-bond donors (Lipinski definition) is 4. The van der Waals surface area contributed by atoms with Crippen molar-refractivity contribution in [3.63, 3.8) is 0 Å². The Morgan fingerprint density at radius 1 is 0.586 bits per heavy atom. The highest BCUT2D eigenvalue weighted by molar-refractivity contribution is 9.11. The lowest BCUT2D eigenvalue weighted by Crippen LogP contribution is -2.19. The number of hydrogen-bond acceptors (Lipinski definition) is 8. The number of aromatic amines is 2. The van der Waals surface area contributed by atoms with Gasteiger partial charge in [-0.1, -0.05) is 36.4 Å². The molecule has 5 heterocycles. The Balaban J connectivity index is 1.37. The summed E-state index contributed by atoms with van der Waals surface area (Å²) >= 11 is 7.69. The van der Waals surface area contributed by atoms with Crippen LogP contribution in [0.4, 0.5) is 0 Å². The molecule has 2 aliphatic rings. The van der Waals surface area contributed by atoms with E-state index in [1.165, 1.54) is 14.2 Å². The van der Waals surface area contributed by atoms with Crippen LogP contribution in [0.3, 0.4) is 0 Å². The number of ether oxygens (including phenoxy) is 4. The summed E-state index contributed by atoms with van der Waals surface area (Å²) in [7, 11) is 3.00. The number of H-pyrrole nitrogens is 2. The van der Waals surface area contributed by atoms with E-state index in [0.29, 0.717) is 47.1 Å². The Kier molecular flexibility index (Phi) is 12.9. The van der Waals surface area contributed by atoms with E-state index >= 15 is 0 Å². The van der Waals surface area contributed by atoms with Gasteiger partial charge in [0.05, 0.1) is 81.0 Å². The molecule has 4 N–H and O–H groups in total. The molecular formula is C44H40Br2N4O8. The van der Waals surface area contributed by atoms with Crippen LogP contribution < -0.4 is 9.47 Å². The molecule has 2 unspecified atom stereocenters. The second-order valence-electron chi connectivity index (χ2n) is 13.6. The monoisotopic (exact) mass is 910 g/mol. The summed E-state index contributed by atoms with van der Waals surface area (Å²) in [5, 5.41) is 18.6. The topological polar surface area (TPSA) is 169 Å². The fourth-order valence-electron chi connectivity index (χ4n) is 6.90. The molecule has 3 aromatic heterocycles. The number of carboxylic acid groups (broad SMARTS) is 2. The molecule has 2 atom stereocenters. The average molecular weight is 913 g/mol. The van der Waals surface area contributed by atoms with Gasteiger partial charge in [0.1, 0.15) is 11.5 Å². The second kappa shape index (κ2) is 18.4. The summed E-state index contributed by atoms with van der Waals surface area (Å²) < 4.78 is 24.9. The minimum Gasteiger partial charge on any atom is -0.493 e. The van der Waals surface area contributed by atoms with Gasteiger partial charge in [-0.15, -0.1) is 0 Å². The van der Waals surface area contributed by atoms with Crippen molar-refractivity contribution in [2.24, 2.45) is 0 Å². The van der Waals surface area contributed by atoms with E-state index in [1.807, 2.05) is 97.1 Å². The molecule has 0 saturated heterocycles. The third kappa shape index (κ3) is 9.10. The van der Waals surface area contributed by atoms with Crippen molar-refractivity contribution in [2.75, 3.05) is 27.4 Å². The van der Waals surface area contributed by atoms with Crippen molar-refractivity contribution >= 4 is 90.2 Å². The Morgan fingerprint density at radius 2 is 0.966 bits per heavy atom. The first-order chi connectivity index (χ1) is 28.1. The number of nitrogens with zero attached hydrogens (tertiary/aromatic N) is 2. The Hall–Kier alpha value is -5.54. The molecule has 0 radical (unpaired) electrons. The van der Waals surface area contributed by atoms with Crippen LogP contribution in [0.5, 0.6) is 11.5 Å². The molecule has 8 bridgehead atoms. The molecular weight excluding hydrogens is 872 g/mol. The summed E-state index contributed by atoms with van der Waals surface area (Å²) in [6.45, 7) is 0.502. The summed E-state index contributed by atoms with van der Waals surface area (Å²) in [5.41, 5.74) is 9.22. The van der Waals surface area contributed by atoms with Gasteiger partial charge in [0.15, 0.2) is 0 Å². The predicted octanol–water partition coefficient (Wildman–Crippen LogP) is 10.0. The standard InChI is InChI=1S/C44H40Br2N4O8/c1-55-25(23-39(51)52)19-21-57-37-9-5-3-7-27(37)41-29-11-15-33(47-29)43(45)35-17-13-31(49-35)42(32-14-18-36(50-32)44(46)34-16-12-30(41)48-34)28-8-4-6-10-38(28)58-22-20-26(56-2)24-40(53)54/h3-18,25-26,47,50H,19-24H2,1-2H3,(H,51,52)(H,53,54). The van der Waals surface area contributed by atoms with Crippen molar-refractivity contribution in [3.8, 4) is 33.8 Å². The minimum absolute atomic E-state index is 0.114. The number of rotatable bonds is 16. The number of para-hydroxylation sites is 2. The fraction of sp³-hybridized carbons (Fsp3) is 0.227. The number of carboxylic acids is 2. The molecule has 0 spiro atoms. The largest absolute Gasteiger partial charge is 0.493 e. The Morgan fingerprint density at radius 3 is 1.36 bits per heavy atom. The maximum absolute atomic E-state index is 11.3. The molecule has 0 aliphatic carbocycles. The first kappa shape index (κ1) is 40.6. The van der Waals surface area contributed by atoms with Crippen molar-refractivity contribution in [1.29, 1.82) is 0 Å². The van der Waals surface area contributed by atoms with Crippen LogP contribution in [0.15, 0.2) is 81.7 Å². The van der Waals surface area contributed by atoms with Crippen molar-refractivity contribution in [3.05, 3.63) is 105 Å². The van der Waals surface area contributed by atoms with Gasteiger partial charge >= 0.3 is 11.9 Å². The highest BCUT2D eigenvalue weighted by Crippen LogP contribution is 2.40. The number of aliphatic carboxylic acids is 2. The van der Waals surface area contributed by atoms with Crippen LogP contribution in [-0.2, 0) is 19.1 Å². The van der Waals surface area contributed by atoms with Gasteiger partial charge in [-0.2, -0.15) is 0 Å². The van der Waals surface area contributed by atoms with Gasteiger partial charge in [-0.3, -0.25) is 9.59 Å². The van der Waals surface area contributed by atoms with E-state index < -0.39 is 24.1 Å². The van der Waals surface area contributed by atoms with E-state index in [9.17, 15) is 19.8 Å². The van der Waals surface area contributed by atoms with Crippen LogP contribution in [0, 0.1) is 0 Å². The van der Waals surface area contributed by atoms with Crippen LogP contribution in [0.25, 0.3) is 68.6 Å². The van der Waals surface area contributed by atoms with Gasteiger partial charge in [0.25, 0.3) is 0 Å². The maximum Gasteiger partial charge on any atom is 0.305 e. The summed E-state index contributed by atoms with van der Waals surface area (Å²) in [5.74, 6) is -0.623. The molecule has 2 aromatic carbocycles. The number of benzene rings is 2. The highest BCUT2D eigenvalue weighted by Gasteiger charge is 2.21. The molecule has 0 saturated carbocycles. The van der Waals surface area contributed by atoms with E-state index in [0.717, 1.165) is 53.3 Å². The summed E-state index contributed by atoms with van der Waals surface area (Å²) in [4.78, 5) is 40.1. The van der Waals surface area contributed by atoms with Gasteiger partial charge in [-0.25, -0.2) is 9.97 Å². The van der Waals surface area contributed by atoms with Crippen LogP contribution >= 0.6 is 31.9 Å². The molecule has 298 valence electrons. The zero-order valence-electron chi connectivity index (χ0n) is 31.6. The molecule has 0 amide bonds. The number of carbonyl (C=O) groups is 2. The number of methoxy groups -OCH3 is 2. The average Bonchev–Trinajstić information content (AvgIpc) is 4.06. The number of halogens is 2. The third-order valence-electron chi connectivity index (χ3n) is 9.80. The van der Waals surface area contributed by atoms with E-state index in [-0.39, 0.29) is 26.1 Å². The number of nitrogens with one attached hydrogen (secondary N) is 2. The highest BCUT2D eigenvalue weighted by atomic mass is 79.9. The maximum atomic E-state index is 11.3. The van der Waals surface area contributed by atoms with Crippen LogP contribution in [0.2, 0.25) is 0 Å². The molecule has 58 heavy (non-hydrogen) atoms. The molecule has 7 rings (SSSR count). The lowest BCUT2D eigenvalue weighted by atomic mass is 10.0. The lowest BCUT2D eigenvalue weighted by molar-refractivity contribution is -0.141. The van der Waals surface area contributed by atoms with Crippen molar-refractivity contribution in [2.45, 2.75) is 37.9 Å². The van der Waals surface area contributed by atoms with Gasteiger partial charge in [-0.05, 0) is 92.6 Å². The first-order valence-electron chi connectivity index (χ1n) is 18.5. The predicted molar refractivity (Wildman–Crippen MR) is 231 cm³/mol. The molecule has 0 fully saturated rings. The zero-order valence-corrected chi connectivity index (χ0v) is 34.8. The fourth-order valence-corrected chi connectivity index (χ4v) is 7.80. The number of aromatic nitrogens is 4. The Labute approximate surface area is 350 Å². The molecule has 14 heteroatoms. The van der Waals surface area contributed by atoms with Crippen molar-refractivity contribution < 1.29 is 38.7 Å².